The fourth-order valence-corrected chi connectivity index (χ4v) is 2.80. The van der Waals surface area contributed by atoms with Crippen LogP contribution in [0.25, 0.3) is 0 Å². The highest BCUT2D eigenvalue weighted by Crippen LogP contribution is 2.22. The van der Waals surface area contributed by atoms with E-state index in [9.17, 15) is 4.79 Å². The zero-order valence-corrected chi connectivity index (χ0v) is 16.2. The van der Waals surface area contributed by atoms with E-state index in [1.54, 1.807) is 24.4 Å². The van der Waals surface area contributed by atoms with Crippen LogP contribution in [-0.4, -0.2) is 34.3 Å². The van der Waals surface area contributed by atoms with Gasteiger partial charge in [0, 0.05) is 12.6 Å². The summed E-state index contributed by atoms with van der Waals surface area (Å²) < 4.78 is 4.83. The smallest absolute Gasteiger partial charge is 0.339 e. The van der Waals surface area contributed by atoms with E-state index in [0.717, 1.165) is 0 Å². The van der Waals surface area contributed by atoms with Crippen molar-refractivity contribution in [2.24, 2.45) is 0 Å². The van der Waals surface area contributed by atoms with E-state index in [4.69, 9.17) is 4.74 Å². The van der Waals surface area contributed by atoms with Gasteiger partial charge in [0.25, 0.3) is 0 Å². The second-order valence-electron chi connectivity index (χ2n) is 6.51. The Morgan fingerprint density at radius 1 is 1.11 bits per heavy atom. The summed E-state index contributed by atoms with van der Waals surface area (Å²) in [5.74, 6) is 0.583. The number of para-hydroxylation sites is 1. The lowest BCUT2D eigenvalue weighted by Gasteiger charge is -2.27. The second kappa shape index (κ2) is 8.94. The second-order valence-corrected chi connectivity index (χ2v) is 6.51. The van der Waals surface area contributed by atoms with Crippen LogP contribution in [0.1, 0.15) is 29.8 Å². The Bertz CT molecular complexity index is 931. The van der Waals surface area contributed by atoms with Gasteiger partial charge < -0.3 is 15.0 Å². The number of benzene rings is 2. The van der Waals surface area contributed by atoms with E-state index in [-0.39, 0.29) is 6.04 Å². The molecule has 144 valence electrons. The van der Waals surface area contributed by atoms with Crippen molar-refractivity contribution in [3.63, 3.8) is 0 Å². The van der Waals surface area contributed by atoms with Gasteiger partial charge in [0.05, 0.1) is 24.6 Å². The molecule has 3 rings (SSSR count). The zero-order valence-electron chi connectivity index (χ0n) is 16.2. The maximum Gasteiger partial charge on any atom is 0.339 e. The number of ether oxygens (including phenoxy) is 1. The minimum absolute atomic E-state index is 0.215. The first-order valence-electron chi connectivity index (χ1n) is 9.03. The van der Waals surface area contributed by atoms with Crippen molar-refractivity contribution >= 4 is 23.4 Å². The number of anilines is 3. The predicted octanol–water partition coefficient (Wildman–Crippen LogP) is 3.82. The highest BCUT2D eigenvalue weighted by atomic mass is 16.5. The lowest BCUT2D eigenvalue weighted by Crippen LogP contribution is -2.31. The topological polar surface area (TPSA) is 80.2 Å². The van der Waals surface area contributed by atoms with Crippen molar-refractivity contribution in [1.29, 1.82) is 0 Å². The Morgan fingerprint density at radius 2 is 1.82 bits per heavy atom. The third-order valence-corrected chi connectivity index (χ3v) is 4.24. The van der Waals surface area contributed by atoms with Crippen molar-refractivity contribution in [2.75, 3.05) is 17.3 Å². The highest BCUT2D eigenvalue weighted by Gasteiger charge is 2.16. The maximum atomic E-state index is 12.0. The summed E-state index contributed by atoms with van der Waals surface area (Å²) >= 11 is 0. The third-order valence-electron chi connectivity index (χ3n) is 4.24. The number of carbonyl (C=O) groups is 1. The molecule has 0 aliphatic carbocycles. The van der Waals surface area contributed by atoms with Crippen molar-refractivity contribution < 1.29 is 9.53 Å². The molecule has 7 nitrogen and oxygen atoms in total. The molecule has 28 heavy (non-hydrogen) atoms. The molecule has 0 aliphatic rings. The summed E-state index contributed by atoms with van der Waals surface area (Å²) in [5.41, 5.74) is 2.15. The fraction of sp³-hybridized carbons (Fsp3) is 0.238. The average molecular weight is 377 g/mol. The van der Waals surface area contributed by atoms with E-state index in [1.165, 1.54) is 12.7 Å². The van der Waals surface area contributed by atoms with Crippen LogP contribution < -0.4 is 10.2 Å². The van der Waals surface area contributed by atoms with Gasteiger partial charge in [0.1, 0.15) is 0 Å². The van der Waals surface area contributed by atoms with Gasteiger partial charge in [-0.05, 0) is 31.5 Å². The van der Waals surface area contributed by atoms with Crippen molar-refractivity contribution in [1.82, 2.24) is 15.2 Å². The molecule has 7 heteroatoms. The number of hydrogen-bond donors (Lipinski definition) is 1. The minimum atomic E-state index is -0.430. The van der Waals surface area contributed by atoms with Crippen molar-refractivity contribution in [3.8, 4) is 0 Å². The standard InChI is InChI=1S/C21H23N5O2/c1-15(2)26(14-16-9-5-4-6-10-16)19-13-22-25-21(24-19)23-18-12-8-7-11-17(18)20(27)28-3/h4-13,15H,14H2,1-3H3,(H,23,24,25). The Hall–Kier alpha value is -3.48. The Labute approximate surface area is 164 Å². The molecule has 1 heterocycles. The first-order chi connectivity index (χ1) is 13.6. The van der Waals surface area contributed by atoms with E-state index in [1.807, 2.05) is 24.3 Å². The van der Waals surface area contributed by atoms with Crippen LogP contribution in [0.3, 0.4) is 0 Å². The summed E-state index contributed by atoms with van der Waals surface area (Å²) in [6.45, 7) is 4.91. The van der Waals surface area contributed by atoms with Gasteiger partial charge in [-0.15, -0.1) is 5.10 Å². The number of rotatable bonds is 7. The molecule has 2 aromatic carbocycles. The average Bonchev–Trinajstić information content (AvgIpc) is 2.72. The minimum Gasteiger partial charge on any atom is -0.465 e. The van der Waals surface area contributed by atoms with Gasteiger partial charge in [-0.1, -0.05) is 42.5 Å². The number of carbonyl (C=O) groups excluding carboxylic acids is 1. The van der Waals surface area contributed by atoms with Gasteiger partial charge in [0.15, 0.2) is 5.82 Å². The molecular weight excluding hydrogens is 354 g/mol. The highest BCUT2D eigenvalue weighted by molar-refractivity contribution is 5.96. The van der Waals surface area contributed by atoms with Gasteiger partial charge >= 0.3 is 5.97 Å². The van der Waals surface area contributed by atoms with Crippen molar-refractivity contribution in [2.45, 2.75) is 26.4 Å². The molecule has 0 saturated heterocycles. The number of methoxy groups -OCH3 is 1. The number of nitrogens with one attached hydrogen (secondary N) is 1. The summed E-state index contributed by atoms with van der Waals surface area (Å²) in [6.07, 6.45) is 1.64. The monoisotopic (exact) mass is 377 g/mol. The fourth-order valence-electron chi connectivity index (χ4n) is 2.80. The van der Waals surface area contributed by atoms with Crippen molar-refractivity contribution in [3.05, 3.63) is 71.9 Å². The Morgan fingerprint density at radius 3 is 2.54 bits per heavy atom. The normalized spacial score (nSPS) is 10.6. The molecule has 0 amide bonds. The van der Waals surface area contributed by atoms with Crippen LogP contribution in [0.2, 0.25) is 0 Å². The molecular formula is C21H23N5O2. The first kappa shape index (κ1) is 19.3. The molecule has 3 aromatic rings. The number of aromatic nitrogens is 3. The quantitative estimate of drug-likeness (QED) is 0.627. The van der Waals surface area contributed by atoms with Crippen LogP contribution in [0.5, 0.6) is 0 Å². The Kier molecular flexibility index (Phi) is 6.16. The van der Waals surface area contributed by atoms with Gasteiger partial charge in [0.2, 0.25) is 5.95 Å². The zero-order chi connectivity index (χ0) is 19.9. The molecule has 0 bridgehead atoms. The molecule has 1 N–H and O–H groups in total. The lowest BCUT2D eigenvalue weighted by molar-refractivity contribution is 0.0602. The van der Waals surface area contributed by atoms with Gasteiger partial charge in [-0.25, -0.2) is 4.79 Å². The molecule has 0 spiro atoms. The summed E-state index contributed by atoms with van der Waals surface area (Å²) in [7, 11) is 1.35. The first-order valence-corrected chi connectivity index (χ1v) is 9.03. The number of nitrogens with zero attached hydrogens (tertiary/aromatic N) is 4. The van der Waals surface area contributed by atoms with Crippen LogP contribution in [0.4, 0.5) is 17.5 Å². The molecule has 0 atom stereocenters. The van der Waals surface area contributed by atoms with E-state index in [0.29, 0.717) is 29.6 Å². The molecule has 0 unspecified atom stereocenters. The van der Waals surface area contributed by atoms with E-state index < -0.39 is 5.97 Å². The largest absolute Gasteiger partial charge is 0.465 e. The molecule has 0 radical (unpaired) electrons. The number of hydrogen-bond acceptors (Lipinski definition) is 7. The molecule has 0 aliphatic heterocycles. The lowest BCUT2D eigenvalue weighted by atomic mass is 10.2. The predicted molar refractivity (Wildman–Crippen MR) is 109 cm³/mol. The van der Waals surface area contributed by atoms with E-state index in [2.05, 4.69) is 51.4 Å². The Balaban J connectivity index is 1.86. The third kappa shape index (κ3) is 4.62. The summed E-state index contributed by atoms with van der Waals surface area (Å²) in [5, 5.41) is 11.2. The molecule has 0 saturated carbocycles. The maximum absolute atomic E-state index is 12.0. The summed E-state index contributed by atoms with van der Waals surface area (Å²) in [6, 6.07) is 17.4. The van der Waals surface area contributed by atoms with Crippen LogP contribution in [0.15, 0.2) is 60.8 Å². The molecule has 1 aromatic heterocycles. The van der Waals surface area contributed by atoms with Crippen LogP contribution in [-0.2, 0) is 11.3 Å². The number of esters is 1. The SMILES string of the molecule is COC(=O)c1ccccc1Nc1nncc(N(Cc2ccccc2)C(C)C)n1. The molecule has 0 fully saturated rings. The van der Waals surface area contributed by atoms with Gasteiger partial charge in [-0.2, -0.15) is 10.1 Å². The summed E-state index contributed by atoms with van der Waals surface area (Å²) in [4.78, 5) is 18.7. The van der Waals surface area contributed by atoms with Crippen LogP contribution >= 0.6 is 0 Å². The van der Waals surface area contributed by atoms with Gasteiger partial charge in [-0.3, -0.25) is 0 Å². The van der Waals surface area contributed by atoms with Crippen LogP contribution in [0, 0.1) is 0 Å². The van der Waals surface area contributed by atoms with E-state index >= 15 is 0 Å².